The topological polar surface area (TPSA) is 68.7 Å². The van der Waals surface area contributed by atoms with Gasteiger partial charge in [0.15, 0.2) is 0 Å². The summed E-state index contributed by atoms with van der Waals surface area (Å²) in [6.45, 7) is 5.42. The minimum absolute atomic E-state index is 0.366. The lowest BCUT2D eigenvalue weighted by Gasteiger charge is -2.34. The van der Waals surface area contributed by atoms with Crippen LogP contribution in [0.15, 0.2) is 18.3 Å². The van der Waals surface area contributed by atoms with E-state index in [0.29, 0.717) is 17.6 Å². The van der Waals surface area contributed by atoms with Crippen LogP contribution in [-0.2, 0) is 0 Å². The van der Waals surface area contributed by atoms with Crippen LogP contribution < -0.4 is 10.4 Å². The van der Waals surface area contributed by atoms with Crippen molar-refractivity contribution in [1.29, 1.82) is 0 Å². The molecule has 102 valence electrons. The maximum atomic E-state index is 11.2. The summed E-state index contributed by atoms with van der Waals surface area (Å²) in [5.74, 6) is 0.386. The molecule has 0 radical (unpaired) electrons. The highest BCUT2D eigenvalue weighted by Crippen LogP contribution is 2.33. The Morgan fingerprint density at radius 1 is 1.47 bits per heavy atom. The van der Waals surface area contributed by atoms with Gasteiger partial charge < -0.3 is 4.90 Å². The molecule has 6 heteroatoms. The Hall–Kier alpha value is -1.66. The van der Waals surface area contributed by atoms with Crippen molar-refractivity contribution in [3.63, 3.8) is 0 Å². The monoisotopic (exact) mass is 262 g/mol. The molecule has 3 heterocycles. The second-order valence-corrected chi connectivity index (χ2v) is 5.13. The van der Waals surface area contributed by atoms with Crippen molar-refractivity contribution in [2.45, 2.75) is 25.4 Å². The standard InChI is InChI=1S/C13H18N4O2/c1-2-16-7-11-5-10(16)8-17(11)12-4-3-9(6-14-12)13(18)15-19/h3-4,6,10-11,19H,2,5,7-8H2,1H3,(H,15,18)/t10-,11-/m1/s1. The number of pyridine rings is 1. The number of carbonyl (C=O) groups is 1. The zero-order chi connectivity index (χ0) is 13.4. The number of likely N-dealkylation sites (tertiary alicyclic amines) is 1. The number of piperazine rings is 1. The molecule has 0 spiro atoms. The highest BCUT2D eigenvalue weighted by atomic mass is 16.5. The van der Waals surface area contributed by atoms with E-state index >= 15 is 0 Å². The summed E-state index contributed by atoms with van der Waals surface area (Å²) in [4.78, 5) is 20.4. The predicted octanol–water partition coefficient (Wildman–Crippen LogP) is 0.483. The van der Waals surface area contributed by atoms with Crippen molar-refractivity contribution in [3.8, 4) is 0 Å². The second kappa shape index (κ2) is 4.79. The zero-order valence-electron chi connectivity index (χ0n) is 10.9. The van der Waals surface area contributed by atoms with Gasteiger partial charge in [0.2, 0.25) is 0 Å². The van der Waals surface area contributed by atoms with E-state index in [1.54, 1.807) is 11.5 Å². The van der Waals surface area contributed by atoms with Crippen LogP contribution >= 0.6 is 0 Å². The fraction of sp³-hybridized carbons (Fsp3) is 0.538. The molecule has 1 amide bonds. The Labute approximate surface area is 112 Å². The third-order valence-corrected chi connectivity index (χ3v) is 4.17. The quantitative estimate of drug-likeness (QED) is 0.612. The summed E-state index contributed by atoms with van der Waals surface area (Å²) in [5, 5.41) is 8.57. The molecular weight excluding hydrogens is 244 g/mol. The molecule has 0 aromatic carbocycles. The molecule has 2 saturated heterocycles. The van der Waals surface area contributed by atoms with Crippen molar-refractivity contribution < 1.29 is 10.0 Å². The molecule has 2 N–H and O–H groups in total. The number of amides is 1. The number of hydrogen-bond donors (Lipinski definition) is 2. The van der Waals surface area contributed by atoms with Gasteiger partial charge in [0, 0.05) is 31.4 Å². The summed E-state index contributed by atoms with van der Waals surface area (Å²) in [6, 6.07) is 4.71. The molecule has 0 unspecified atom stereocenters. The molecule has 1 aromatic heterocycles. The second-order valence-electron chi connectivity index (χ2n) is 5.13. The maximum Gasteiger partial charge on any atom is 0.276 e. The molecular formula is C13H18N4O2. The van der Waals surface area contributed by atoms with Gasteiger partial charge in [-0.15, -0.1) is 0 Å². The number of nitrogens with zero attached hydrogens (tertiary/aromatic N) is 3. The van der Waals surface area contributed by atoms with Crippen LogP contribution in [-0.4, -0.2) is 52.7 Å². The summed E-state index contributed by atoms with van der Waals surface area (Å²) in [6.07, 6.45) is 2.71. The van der Waals surface area contributed by atoms with Crippen molar-refractivity contribution in [2.24, 2.45) is 0 Å². The molecule has 2 aliphatic rings. The van der Waals surface area contributed by atoms with E-state index < -0.39 is 5.91 Å². The van der Waals surface area contributed by atoms with Crippen molar-refractivity contribution >= 4 is 11.7 Å². The Morgan fingerprint density at radius 2 is 2.32 bits per heavy atom. The van der Waals surface area contributed by atoms with Gasteiger partial charge in [-0.2, -0.15) is 0 Å². The number of carbonyl (C=O) groups excluding carboxylic acids is 1. The number of rotatable bonds is 3. The van der Waals surface area contributed by atoms with Gasteiger partial charge >= 0.3 is 0 Å². The van der Waals surface area contributed by atoms with Gasteiger partial charge in [0.05, 0.1) is 5.56 Å². The maximum absolute atomic E-state index is 11.2. The van der Waals surface area contributed by atoms with Gasteiger partial charge in [0.1, 0.15) is 5.82 Å². The van der Waals surface area contributed by atoms with Crippen molar-refractivity contribution in [3.05, 3.63) is 23.9 Å². The van der Waals surface area contributed by atoms with E-state index in [-0.39, 0.29) is 0 Å². The van der Waals surface area contributed by atoms with E-state index in [9.17, 15) is 4.79 Å². The Morgan fingerprint density at radius 3 is 2.84 bits per heavy atom. The van der Waals surface area contributed by atoms with Crippen LogP contribution in [0.25, 0.3) is 0 Å². The SMILES string of the molecule is CCN1C[C@H]2C[C@@H]1CN2c1ccc(C(=O)NO)cn1. The Bertz CT molecular complexity index is 476. The average Bonchev–Trinajstić information content (AvgIpc) is 3.06. The summed E-state index contributed by atoms with van der Waals surface area (Å²) >= 11 is 0. The molecule has 2 fully saturated rings. The summed E-state index contributed by atoms with van der Waals surface area (Å²) < 4.78 is 0. The summed E-state index contributed by atoms with van der Waals surface area (Å²) in [5.41, 5.74) is 1.98. The first-order chi connectivity index (χ1) is 9.22. The highest BCUT2D eigenvalue weighted by molar-refractivity contribution is 5.93. The molecule has 0 aliphatic carbocycles. The number of aromatic nitrogens is 1. The van der Waals surface area contributed by atoms with Crippen LogP contribution in [0.4, 0.5) is 5.82 Å². The van der Waals surface area contributed by atoms with Crippen molar-refractivity contribution in [1.82, 2.24) is 15.4 Å². The van der Waals surface area contributed by atoms with E-state index in [2.05, 4.69) is 21.7 Å². The van der Waals surface area contributed by atoms with E-state index in [4.69, 9.17) is 5.21 Å². The molecule has 2 bridgehead atoms. The number of hydrogen-bond acceptors (Lipinski definition) is 5. The number of nitrogens with one attached hydrogen (secondary N) is 1. The molecule has 2 aliphatic heterocycles. The van der Waals surface area contributed by atoms with Crippen LogP contribution in [0.2, 0.25) is 0 Å². The van der Waals surface area contributed by atoms with Crippen LogP contribution in [0, 0.1) is 0 Å². The Balaban J connectivity index is 1.73. The number of likely N-dealkylation sites (N-methyl/N-ethyl adjacent to an activating group) is 1. The number of fused-ring (bicyclic) bond motifs is 2. The van der Waals surface area contributed by atoms with E-state index in [1.165, 1.54) is 12.6 Å². The highest BCUT2D eigenvalue weighted by Gasteiger charge is 2.42. The lowest BCUT2D eigenvalue weighted by atomic mass is 10.2. The minimum atomic E-state index is -0.529. The van der Waals surface area contributed by atoms with E-state index in [1.807, 2.05) is 6.07 Å². The molecule has 2 atom stereocenters. The van der Waals surface area contributed by atoms with Gasteiger partial charge in [-0.25, -0.2) is 10.5 Å². The van der Waals surface area contributed by atoms with Gasteiger partial charge in [-0.1, -0.05) is 6.92 Å². The molecule has 3 rings (SSSR count). The van der Waals surface area contributed by atoms with Gasteiger partial charge in [0.25, 0.3) is 5.91 Å². The first kappa shape index (κ1) is 12.4. The average molecular weight is 262 g/mol. The number of anilines is 1. The molecule has 6 nitrogen and oxygen atoms in total. The van der Waals surface area contributed by atoms with Gasteiger partial charge in [-0.05, 0) is 25.1 Å². The third-order valence-electron chi connectivity index (χ3n) is 4.17. The first-order valence-electron chi connectivity index (χ1n) is 6.64. The third kappa shape index (κ3) is 2.06. The zero-order valence-corrected chi connectivity index (χ0v) is 10.9. The molecule has 0 saturated carbocycles. The summed E-state index contributed by atoms with van der Waals surface area (Å²) in [7, 11) is 0. The largest absolute Gasteiger partial charge is 0.351 e. The minimum Gasteiger partial charge on any atom is -0.351 e. The Kier molecular flexibility index (Phi) is 3.12. The normalized spacial score (nSPS) is 25.9. The fourth-order valence-corrected chi connectivity index (χ4v) is 3.17. The lowest BCUT2D eigenvalue weighted by Crippen LogP contribution is -2.46. The smallest absolute Gasteiger partial charge is 0.276 e. The van der Waals surface area contributed by atoms with Crippen molar-refractivity contribution in [2.75, 3.05) is 24.5 Å². The van der Waals surface area contributed by atoms with Gasteiger partial charge in [-0.3, -0.25) is 14.9 Å². The fourth-order valence-electron chi connectivity index (χ4n) is 3.17. The number of hydroxylamine groups is 1. The molecule has 19 heavy (non-hydrogen) atoms. The predicted molar refractivity (Wildman–Crippen MR) is 70.3 cm³/mol. The van der Waals surface area contributed by atoms with Crippen LogP contribution in [0.5, 0.6) is 0 Å². The van der Waals surface area contributed by atoms with Crippen LogP contribution in [0.1, 0.15) is 23.7 Å². The van der Waals surface area contributed by atoms with E-state index in [0.717, 1.165) is 25.5 Å². The van der Waals surface area contributed by atoms with Crippen LogP contribution in [0.3, 0.4) is 0 Å². The first-order valence-corrected chi connectivity index (χ1v) is 6.64. The lowest BCUT2D eigenvalue weighted by molar-refractivity contribution is 0.0706. The molecule has 1 aromatic rings.